The number of ether oxygens (including phenoxy) is 2. The zero-order valence-corrected chi connectivity index (χ0v) is 18.3. The Bertz CT molecular complexity index is 1030. The number of hydrogen-bond acceptors (Lipinski definition) is 5. The Morgan fingerprint density at radius 1 is 1.10 bits per heavy atom. The summed E-state index contributed by atoms with van der Waals surface area (Å²) in [6.45, 7) is 4.18. The van der Waals surface area contributed by atoms with E-state index < -0.39 is 0 Å². The molecule has 0 bridgehead atoms. The Labute approximate surface area is 184 Å². The first-order chi connectivity index (χ1) is 15.2. The van der Waals surface area contributed by atoms with Gasteiger partial charge in [0.05, 0.1) is 12.2 Å². The number of benzene rings is 2. The van der Waals surface area contributed by atoms with Crippen LogP contribution < -0.4 is 9.47 Å². The molecule has 2 aliphatic rings. The molecule has 0 N–H and O–H groups in total. The molecule has 5 rings (SSSR count). The minimum Gasteiger partial charge on any atom is -0.454 e. The zero-order chi connectivity index (χ0) is 21.2. The molecule has 1 unspecified atom stereocenters. The number of likely N-dealkylation sites (N-methyl/N-ethyl adjacent to an activating group) is 2. The lowest BCUT2D eigenvalue weighted by Crippen LogP contribution is -2.36. The van der Waals surface area contributed by atoms with E-state index >= 15 is 0 Å². The maximum atomic E-state index is 5.61. The number of nitrogens with zero attached hydrogens (tertiary/aromatic N) is 4. The van der Waals surface area contributed by atoms with E-state index in [0.717, 1.165) is 42.4 Å². The van der Waals surface area contributed by atoms with Gasteiger partial charge in [-0.05, 0) is 57.2 Å². The lowest BCUT2D eigenvalue weighted by Gasteiger charge is -2.25. The van der Waals surface area contributed by atoms with E-state index in [-0.39, 0.29) is 6.79 Å². The average molecular weight is 419 g/mol. The van der Waals surface area contributed by atoms with Gasteiger partial charge >= 0.3 is 0 Å². The van der Waals surface area contributed by atoms with Crippen molar-refractivity contribution in [3.63, 3.8) is 0 Å². The van der Waals surface area contributed by atoms with Gasteiger partial charge in [-0.2, -0.15) is 5.10 Å². The van der Waals surface area contributed by atoms with Gasteiger partial charge in [0.15, 0.2) is 11.5 Å². The number of hydrogen-bond donors (Lipinski definition) is 0. The van der Waals surface area contributed by atoms with Crippen molar-refractivity contribution >= 4 is 0 Å². The van der Waals surface area contributed by atoms with Crippen molar-refractivity contribution < 1.29 is 9.47 Å². The number of aromatic nitrogens is 2. The summed E-state index contributed by atoms with van der Waals surface area (Å²) in [5.74, 6) is 1.59. The number of likely N-dealkylation sites (tertiary alicyclic amines) is 1. The molecule has 0 spiro atoms. The summed E-state index contributed by atoms with van der Waals surface area (Å²) >= 11 is 0. The summed E-state index contributed by atoms with van der Waals surface area (Å²) in [6, 6.07) is 17.2. The van der Waals surface area contributed by atoms with E-state index in [1.54, 1.807) is 0 Å². The Morgan fingerprint density at radius 3 is 2.74 bits per heavy atom. The van der Waals surface area contributed by atoms with Crippen LogP contribution in [0.4, 0.5) is 0 Å². The average Bonchev–Trinajstić information content (AvgIpc) is 3.49. The van der Waals surface area contributed by atoms with E-state index in [2.05, 4.69) is 65.1 Å². The molecule has 1 aromatic heterocycles. The van der Waals surface area contributed by atoms with Crippen LogP contribution in [0.5, 0.6) is 11.5 Å². The van der Waals surface area contributed by atoms with Crippen LogP contribution in [-0.2, 0) is 13.1 Å². The molecule has 1 fully saturated rings. The molecular formula is C25H30N4O2. The summed E-state index contributed by atoms with van der Waals surface area (Å²) in [4.78, 5) is 4.90. The molecule has 0 saturated carbocycles. The lowest BCUT2D eigenvalue weighted by atomic mass is 10.1. The highest BCUT2D eigenvalue weighted by Gasteiger charge is 2.23. The van der Waals surface area contributed by atoms with Crippen molar-refractivity contribution in [1.29, 1.82) is 0 Å². The molecule has 1 atom stereocenters. The van der Waals surface area contributed by atoms with Crippen LogP contribution in [-0.4, -0.2) is 59.6 Å². The quantitative estimate of drug-likeness (QED) is 0.583. The first-order valence-corrected chi connectivity index (χ1v) is 11.0. The fourth-order valence-electron chi connectivity index (χ4n) is 4.64. The predicted octanol–water partition coefficient (Wildman–Crippen LogP) is 3.85. The molecule has 2 aromatic carbocycles. The van der Waals surface area contributed by atoms with Gasteiger partial charge in [-0.15, -0.1) is 0 Å². The van der Waals surface area contributed by atoms with Gasteiger partial charge in [0.2, 0.25) is 6.79 Å². The van der Waals surface area contributed by atoms with E-state index in [1.165, 1.54) is 30.5 Å². The van der Waals surface area contributed by atoms with Crippen LogP contribution in [0.25, 0.3) is 11.3 Å². The molecular weight excluding hydrogens is 388 g/mol. The first kappa shape index (κ1) is 20.1. The van der Waals surface area contributed by atoms with E-state index in [0.29, 0.717) is 6.04 Å². The van der Waals surface area contributed by atoms with Crippen molar-refractivity contribution in [3.05, 3.63) is 65.9 Å². The van der Waals surface area contributed by atoms with Crippen LogP contribution in [0, 0.1) is 0 Å². The minimum atomic E-state index is 0.283. The van der Waals surface area contributed by atoms with Crippen LogP contribution in [0.3, 0.4) is 0 Å². The SMILES string of the molecule is CN(Cc1cn(Cc2ccccc2)nc1-c1ccc2c(c1)OCO2)CC1CCCN1C. The van der Waals surface area contributed by atoms with Crippen molar-refractivity contribution in [2.24, 2.45) is 0 Å². The summed E-state index contributed by atoms with van der Waals surface area (Å²) in [5, 5.41) is 4.98. The maximum absolute atomic E-state index is 5.61. The summed E-state index contributed by atoms with van der Waals surface area (Å²) in [6.07, 6.45) is 4.78. The Kier molecular flexibility index (Phi) is 5.66. The van der Waals surface area contributed by atoms with Gasteiger partial charge in [-0.25, -0.2) is 0 Å². The van der Waals surface area contributed by atoms with Crippen molar-refractivity contribution in [2.45, 2.75) is 32.0 Å². The summed E-state index contributed by atoms with van der Waals surface area (Å²) < 4.78 is 13.2. The normalized spacial score (nSPS) is 18.2. The lowest BCUT2D eigenvalue weighted by molar-refractivity contribution is 0.174. The van der Waals surface area contributed by atoms with E-state index in [4.69, 9.17) is 14.6 Å². The zero-order valence-electron chi connectivity index (χ0n) is 18.3. The first-order valence-electron chi connectivity index (χ1n) is 11.0. The fourth-order valence-corrected chi connectivity index (χ4v) is 4.64. The molecule has 3 aromatic rings. The highest BCUT2D eigenvalue weighted by molar-refractivity contribution is 5.67. The van der Waals surface area contributed by atoms with Gasteiger partial charge in [-0.3, -0.25) is 4.68 Å². The van der Waals surface area contributed by atoms with Gasteiger partial charge in [-0.1, -0.05) is 30.3 Å². The largest absolute Gasteiger partial charge is 0.454 e. The second-order valence-electron chi connectivity index (χ2n) is 8.73. The van der Waals surface area contributed by atoms with Crippen LogP contribution in [0.1, 0.15) is 24.0 Å². The third-order valence-corrected chi connectivity index (χ3v) is 6.31. The Hall–Kier alpha value is -2.83. The maximum Gasteiger partial charge on any atom is 0.231 e. The molecule has 1 saturated heterocycles. The van der Waals surface area contributed by atoms with Gasteiger partial charge in [0.25, 0.3) is 0 Å². The third kappa shape index (κ3) is 4.45. The van der Waals surface area contributed by atoms with E-state index in [9.17, 15) is 0 Å². The molecule has 0 radical (unpaired) electrons. The molecule has 6 nitrogen and oxygen atoms in total. The highest BCUT2D eigenvalue weighted by atomic mass is 16.7. The van der Waals surface area contributed by atoms with Crippen LogP contribution in [0.15, 0.2) is 54.7 Å². The molecule has 2 aliphatic heterocycles. The summed E-state index contributed by atoms with van der Waals surface area (Å²) in [7, 11) is 4.45. The molecule has 6 heteroatoms. The monoisotopic (exact) mass is 418 g/mol. The minimum absolute atomic E-state index is 0.283. The molecule has 3 heterocycles. The standard InChI is InChI=1S/C25H30N4O2/c1-27(17-22-9-6-12-28(22)2)15-21-16-29(14-19-7-4-3-5-8-19)26-25(21)20-10-11-23-24(13-20)31-18-30-23/h3-5,7-8,10-11,13,16,22H,6,9,12,14-15,17-18H2,1-2H3. The third-order valence-electron chi connectivity index (χ3n) is 6.31. The molecule has 0 aliphatic carbocycles. The Morgan fingerprint density at radius 2 is 1.94 bits per heavy atom. The fraction of sp³-hybridized carbons (Fsp3) is 0.400. The second kappa shape index (κ2) is 8.73. The number of fused-ring (bicyclic) bond motifs is 1. The van der Waals surface area contributed by atoms with Gasteiger partial charge < -0.3 is 19.3 Å². The van der Waals surface area contributed by atoms with Crippen molar-refractivity contribution in [3.8, 4) is 22.8 Å². The summed E-state index contributed by atoms with van der Waals surface area (Å²) in [5.41, 5.74) is 4.56. The number of rotatable bonds is 7. The van der Waals surface area contributed by atoms with Crippen molar-refractivity contribution in [2.75, 3.05) is 34.0 Å². The smallest absolute Gasteiger partial charge is 0.231 e. The molecule has 0 amide bonds. The van der Waals surface area contributed by atoms with Gasteiger partial charge in [0.1, 0.15) is 0 Å². The van der Waals surface area contributed by atoms with Crippen molar-refractivity contribution in [1.82, 2.24) is 19.6 Å². The molecule has 162 valence electrons. The van der Waals surface area contributed by atoms with Crippen LogP contribution >= 0.6 is 0 Å². The predicted molar refractivity (Wildman–Crippen MR) is 121 cm³/mol. The van der Waals surface area contributed by atoms with Gasteiger partial charge in [0, 0.05) is 36.5 Å². The topological polar surface area (TPSA) is 42.8 Å². The highest BCUT2D eigenvalue weighted by Crippen LogP contribution is 2.36. The molecule has 31 heavy (non-hydrogen) atoms. The van der Waals surface area contributed by atoms with E-state index in [1.807, 2.05) is 18.2 Å². The second-order valence-corrected chi connectivity index (χ2v) is 8.73. The van der Waals surface area contributed by atoms with Crippen LogP contribution in [0.2, 0.25) is 0 Å². The Balaban J connectivity index is 1.41.